The van der Waals surface area contributed by atoms with E-state index in [0.29, 0.717) is 0 Å². The van der Waals surface area contributed by atoms with E-state index in [4.69, 9.17) is 9.47 Å². The van der Waals surface area contributed by atoms with Gasteiger partial charge in [-0.05, 0) is 5.56 Å². The number of carbonyl (C=O) groups excluding carboxylic acids is 1. The molecular formula is C16H20N2O5S. The van der Waals surface area contributed by atoms with Gasteiger partial charge in [-0.1, -0.05) is 30.3 Å². The minimum atomic E-state index is -1.46. The fraction of sp³-hybridized carbons (Fsp3) is 0.438. The third-order valence-corrected chi connectivity index (χ3v) is 4.82. The maximum absolute atomic E-state index is 11.9. The van der Waals surface area contributed by atoms with Crippen LogP contribution in [0.3, 0.4) is 0 Å². The van der Waals surface area contributed by atoms with Gasteiger partial charge >= 0.3 is 0 Å². The minimum Gasteiger partial charge on any atom is -0.461 e. The summed E-state index contributed by atoms with van der Waals surface area (Å²) in [5.74, 6) is 0.394. The van der Waals surface area contributed by atoms with E-state index in [9.17, 15) is 14.9 Å². The van der Waals surface area contributed by atoms with Crippen molar-refractivity contribution in [1.29, 1.82) is 0 Å². The average molecular weight is 352 g/mol. The molecule has 0 saturated heterocycles. The van der Waals surface area contributed by atoms with Gasteiger partial charge in [-0.2, -0.15) is 0 Å². The number of amides is 1. The summed E-state index contributed by atoms with van der Waals surface area (Å²) >= 11 is 1.22. The van der Waals surface area contributed by atoms with Crippen molar-refractivity contribution < 1.29 is 19.2 Å². The smallest absolute Gasteiger partial charge is 0.293 e. The Hall–Kier alpha value is -2.22. The van der Waals surface area contributed by atoms with Crippen molar-refractivity contribution in [3.8, 4) is 0 Å². The number of hydrogen-bond acceptors (Lipinski definition) is 6. The first-order chi connectivity index (χ1) is 11.5. The van der Waals surface area contributed by atoms with E-state index in [1.807, 2.05) is 30.3 Å². The number of nitro groups is 1. The van der Waals surface area contributed by atoms with Gasteiger partial charge in [-0.3, -0.25) is 14.9 Å². The molecule has 0 aromatic heterocycles. The van der Waals surface area contributed by atoms with Crippen LogP contribution in [0.4, 0.5) is 0 Å². The summed E-state index contributed by atoms with van der Waals surface area (Å²) in [7, 11) is 3.31. The van der Waals surface area contributed by atoms with Gasteiger partial charge < -0.3 is 14.4 Å². The Balaban J connectivity index is 2.22. The third kappa shape index (κ3) is 4.19. The molecule has 0 fully saturated rings. The highest BCUT2D eigenvalue weighted by Crippen LogP contribution is 2.33. The first-order valence-corrected chi connectivity index (χ1v) is 8.52. The van der Waals surface area contributed by atoms with Crippen LogP contribution in [-0.2, 0) is 20.7 Å². The molecule has 8 heteroatoms. The van der Waals surface area contributed by atoms with Crippen LogP contribution in [-0.4, -0.2) is 53.7 Å². The summed E-state index contributed by atoms with van der Waals surface area (Å²) in [5, 5.41) is 11.9. The molecule has 1 amide bonds. The van der Waals surface area contributed by atoms with E-state index in [1.165, 1.54) is 22.9 Å². The highest BCUT2D eigenvalue weighted by atomic mass is 32.2. The van der Waals surface area contributed by atoms with Crippen LogP contribution in [0.1, 0.15) is 5.56 Å². The van der Waals surface area contributed by atoms with Gasteiger partial charge in [0.25, 0.3) is 5.54 Å². The SMILES string of the molecule is CN(C)C(=O)CSCC(Cc1ccccc1)(C1=COCO1)[N+](=O)[O-]. The number of benzene rings is 1. The Kier molecular flexibility index (Phi) is 6.08. The number of ether oxygens (including phenoxy) is 2. The number of hydrogen-bond donors (Lipinski definition) is 0. The van der Waals surface area contributed by atoms with E-state index in [2.05, 4.69) is 0 Å². The maximum Gasteiger partial charge on any atom is 0.293 e. The fourth-order valence-electron chi connectivity index (χ4n) is 2.27. The molecule has 1 aromatic carbocycles. The minimum absolute atomic E-state index is 0.0268. The van der Waals surface area contributed by atoms with Crippen molar-refractivity contribution in [3.05, 3.63) is 58.0 Å². The average Bonchev–Trinajstić information content (AvgIpc) is 3.09. The summed E-state index contributed by atoms with van der Waals surface area (Å²) in [6, 6.07) is 9.21. The lowest BCUT2D eigenvalue weighted by Gasteiger charge is -2.25. The van der Waals surface area contributed by atoms with E-state index >= 15 is 0 Å². The summed E-state index contributed by atoms with van der Waals surface area (Å²) in [6.45, 7) is -0.0268. The van der Waals surface area contributed by atoms with Crippen molar-refractivity contribution >= 4 is 17.7 Å². The maximum atomic E-state index is 11.9. The van der Waals surface area contributed by atoms with Crippen molar-refractivity contribution in [2.45, 2.75) is 12.0 Å². The first-order valence-electron chi connectivity index (χ1n) is 7.37. The van der Waals surface area contributed by atoms with Gasteiger partial charge in [0.2, 0.25) is 18.5 Å². The molecule has 1 aliphatic rings. The molecule has 7 nitrogen and oxygen atoms in total. The number of rotatable bonds is 8. The van der Waals surface area contributed by atoms with Gasteiger partial charge in [0.05, 0.1) is 17.9 Å². The van der Waals surface area contributed by atoms with Crippen LogP contribution in [0.15, 0.2) is 42.4 Å². The molecule has 24 heavy (non-hydrogen) atoms. The lowest BCUT2D eigenvalue weighted by atomic mass is 9.91. The van der Waals surface area contributed by atoms with Crippen LogP contribution < -0.4 is 0 Å². The molecular weight excluding hydrogens is 332 g/mol. The second kappa shape index (κ2) is 8.05. The molecule has 0 N–H and O–H groups in total. The fourth-order valence-corrected chi connectivity index (χ4v) is 3.49. The van der Waals surface area contributed by atoms with Crippen LogP contribution >= 0.6 is 11.8 Å². The quantitative estimate of drug-likeness (QED) is 0.525. The number of nitrogens with zero attached hydrogens (tertiary/aromatic N) is 2. The van der Waals surface area contributed by atoms with E-state index < -0.39 is 5.54 Å². The number of thioether (sulfide) groups is 1. The van der Waals surface area contributed by atoms with E-state index in [1.54, 1.807) is 14.1 Å². The molecule has 130 valence electrons. The Morgan fingerprint density at radius 3 is 2.62 bits per heavy atom. The Morgan fingerprint density at radius 1 is 1.38 bits per heavy atom. The first kappa shape index (κ1) is 18.1. The predicted octanol–water partition coefficient (Wildman–Crippen LogP) is 1.91. The molecule has 1 aromatic rings. The zero-order valence-electron chi connectivity index (χ0n) is 13.6. The van der Waals surface area contributed by atoms with Gasteiger partial charge in [0.15, 0.2) is 0 Å². The molecule has 0 bridgehead atoms. The molecule has 0 saturated carbocycles. The lowest BCUT2D eigenvalue weighted by Crippen LogP contribution is -2.46. The summed E-state index contributed by atoms with van der Waals surface area (Å²) in [6.07, 6.45) is 1.47. The summed E-state index contributed by atoms with van der Waals surface area (Å²) in [4.78, 5) is 24.8. The van der Waals surface area contributed by atoms with Crippen LogP contribution in [0.5, 0.6) is 0 Å². The zero-order chi connectivity index (χ0) is 17.6. The van der Waals surface area contributed by atoms with E-state index in [0.717, 1.165) is 5.56 Å². The normalized spacial score (nSPS) is 15.7. The summed E-state index contributed by atoms with van der Waals surface area (Å²) < 4.78 is 10.4. The van der Waals surface area contributed by atoms with Crippen molar-refractivity contribution in [3.63, 3.8) is 0 Å². The standard InChI is InChI=1S/C16H20N2O5S/c1-17(2)15(19)10-24-11-16(18(20)21,14-9-22-12-23-14)8-13-6-4-3-5-7-13/h3-7,9H,8,10-12H2,1-2H3. The lowest BCUT2D eigenvalue weighted by molar-refractivity contribution is -0.556. The third-order valence-electron chi connectivity index (χ3n) is 3.69. The second-order valence-electron chi connectivity index (χ2n) is 5.64. The van der Waals surface area contributed by atoms with Crippen molar-refractivity contribution in [2.75, 3.05) is 32.4 Å². The largest absolute Gasteiger partial charge is 0.461 e. The molecule has 1 heterocycles. The zero-order valence-corrected chi connectivity index (χ0v) is 14.5. The predicted molar refractivity (Wildman–Crippen MR) is 91.0 cm³/mol. The van der Waals surface area contributed by atoms with Crippen molar-refractivity contribution in [2.24, 2.45) is 0 Å². The molecule has 1 atom stereocenters. The van der Waals surface area contributed by atoms with Crippen LogP contribution in [0, 0.1) is 10.1 Å². The van der Waals surface area contributed by atoms with Crippen LogP contribution in [0.25, 0.3) is 0 Å². The second-order valence-corrected chi connectivity index (χ2v) is 6.63. The molecule has 1 aliphatic heterocycles. The monoisotopic (exact) mass is 352 g/mol. The molecule has 0 aliphatic carbocycles. The summed E-state index contributed by atoms with van der Waals surface area (Å²) in [5.41, 5.74) is -0.639. The van der Waals surface area contributed by atoms with Gasteiger partial charge in [0.1, 0.15) is 6.26 Å². The van der Waals surface area contributed by atoms with Crippen molar-refractivity contribution in [1.82, 2.24) is 4.90 Å². The van der Waals surface area contributed by atoms with Gasteiger partial charge in [-0.15, -0.1) is 11.8 Å². The Morgan fingerprint density at radius 2 is 2.08 bits per heavy atom. The molecule has 0 radical (unpaired) electrons. The number of carbonyl (C=O) groups is 1. The molecule has 2 rings (SSSR count). The van der Waals surface area contributed by atoms with Gasteiger partial charge in [-0.25, -0.2) is 0 Å². The van der Waals surface area contributed by atoms with E-state index in [-0.39, 0.29) is 41.3 Å². The highest BCUT2D eigenvalue weighted by Gasteiger charge is 2.50. The van der Waals surface area contributed by atoms with Gasteiger partial charge in [0, 0.05) is 19.0 Å². The molecule has 1 unspecified atom stereocenters. The Labute approximate surface area is 144 Å². The topological polar surface area (TPSA) is 81.9 Å². The van der Waals surface area contributed by atoms with Crippen LogP contribution in [0.2, 0.25) is 0 Å². The molecule has 0 spiro atoms. The Bertz CT molecular complexity index is 620. The highest BCUT2D eigenvalue weighted by molar-refractivity contribution is 8.00.